The lowest BCUT2D eigenvalue weighted by Gasteiger charge is -2.19. The summed E-state index contributed by atoms with van der Waals surface area (Å²) in [7, 11) is 0. The van der Waals surface area contributed by atoms with Crippen molar-refractivity contribution in [1.29, 1.82) is 0 Å². The number of pyridine rings is 1. The van der Waals surface area contributed by atoms with Gasteiger partial charge in [0, 0.05) is 36.6 Å². The molecule has 0 spiro atoms. The van der Waals surface area contributed by atoms with Gasteiger partial charge in [-0.3, -0.25) is 14.6 Å². The Morgan fingerprint density at radius 2 is 2.10 bits per heavy atom. The summed E-state index contributed by atoms with van der Waals surface area (Å²) in [5.74, 6) is -0.271. The Labute approximate surface area is 175 Å². The van der Waals surface area contributed by atoms with E-state index in [-0.39, 0.29) is 18.2 Å². The highest BCUT2D eigenvalue weighted by molar-refractivity contribution is 5.91. The van der Waals surface area contributed by atoms with Gasteiger partial charge in [-0.05, 0) is 55.2 Å². The Bertz CT molecular complexity index is 947. The first-order valence-corrected chi connectivity index (χ1v) is 9.54. The maximum absolute atomic E-state index is 13.6. The summed E-state index contributed by atoms with van der Waals surface area (Å²) in [4.78, 5) is 16.7. The van der Waals surface area contributed by atoms with Crippen LogP contribution < -0.4 is 10.3 Å². The van der Waals surface area contributed by atoms with Crippen molar-refractivity contribution in [2.45, 2.75) is 32.6 Å². The van der Waals surface area contributed by atoms with Gasteiger partial charge in [-0.1, -0.05) is 13.3 Å². The molecule has 1 amide bonds. The fourth-order valence-electron chi connectivity index (χ4n) is 3.17. The Kier molecular flexibility index (Phi) is 8.27. The maximum Gasteiger partial charge on any atom is 0.411 e. The van der Waals surface area contributed by atoms with Crippen LogP contribution >= 0.6 is 12.4 Å². The van der Waals surface area contributed by atoms with Gasteiger partial charge in [0.15, 0.2) is 0 Å². The van der Waals surface area contributed by atoms with E-state index in [0.29, 0.717) is 30.8 Å². The minimum absolute atomic E-state index is 0. The molecule has 156 valence electrons. The van der Waals surface area contributed by atoms with Crippen molar-refractivity contribution < 1.29 is 14.3 Å². The summed E-state index contributed by atoms with van der Waals surface area (Å²) in [6.45, 7) is 3.21. The third-order valence-electron chi connectivity index (χ3n) is 4.71. The van der Waals surface area contributed by atoms with Crippen LogP contribution in [0.3, 0.4) is 0 Å². The molecule has 0 fully saturated rings. The van der Waals surface area contributed by atoms with Crippen LogP contribution in [-0.2, 0) is 6.42 Å². The molecule has 0 atom stereocenters. The van der Waals surface area contributed by atoms with Crippen molar-refractivity contribution in [3.05, 3.63) is 60.3 Å². The first-order chi connectivity index (χ1) is 13.6. The summed E-state index contributed by atoms with van der Waals surface area (Å²) in [6.07, 6.45) is 7.00. The Morgan fingerprint density at radius 3 is 2.83 bits per heavy atom. The molecule has 3 rings (SSSR count). The minimum Gasteiger partial charge on any atom is -0.465 e. The minimum atomic E-state index is -0.936. The third kappa shape index (κ3) is 5.60. The van der Waals surface area contributed by atoms with Gasteiger partial charge in [0.1, 0.15) is 5.82 Å². The van der Waals surface area contributed by atoms with E-state index in [1.807, 2.05) is 42.1 Å². The number of amides is 1. The first-order valence-electron chi connectivity index (χ1n) is 9.54. The molecule has 0 radical (unpaired) electrons. The van der Waals surface area contributed by atoms with E-state index in [4.69, 9.17) is 0 Å². The van der Waals surface area contributed by atoms with E-state index < -0.39 is 6.09 Å². The highest BCUT2D eigenvalue weighted by atomic mass is 35.5. The van der Waals surface area contributed by atoms with Crippen LogP contribution in [0.25, 0.3) is 10.9 Å². The molecule has 29 heavy (non-hydrogen) atoms. The Hall–Kier alpha value is -2.80. The summed E-state index contributed by atoms with van der Waals surface area (Å²) in [5, 5.41) is 10.4. The number of benzene rings is 1. The van der Waals surface area contributed by atoms with Crippen molar-refractivity contribution >= 4 is 35.1 Å². The molecule has 0 unspecified atom stereocenters. The molecule has 8 heteroatoms. The van der Waals surface area contributed by atoms with Gasteiger partial charge >= 0.3 is 6.09 Å². The molecule has 6 nitrogen and oxygen atoms in total. The van der Waals surface area contributed by atoms with Gasteiger partial charge in [0.05, 0.1) is 11.7 Å². The van der Waals surface area contributed by atoms with Crippen molar-refractivity contribution in [2.24, 2.45) is 0 Å². The van der Waals surface area contributed by atoms with Crippen molar-refractivity contribution in [1.82, 2.24) is 9.66 Å². The molecule has 0 bridgehead atoms. The average Bonchev–Trinajstić information content (AvgIpc) is 3.09. The summed E-state index contributed by atoms with van der Waals surface area (Å²) in [6, 6.07) is 9.30. The van der Waals surface area contributed by atoms with Crippen LogP contribution in [0.15, 0.2) is 48.9 Å². The van der Waals surface area contributed by atoms with Gasteiger partial charge in [-0.15, -0.1) is 12.4 Å². The summed E-state index contributed by atoms with van der Waals surface area (Å²) < 4.78 is 15.5. The standard InChI is InChI=1S/C21H25FN4O2.ClH/c1-2-3-12-25(21(27)28)18-6-7-20-17(14-18)9-13-26(20)24-10-4-5-16-8-11-23-15-19(16)22;/h6-9,11,13-15,24H,2-5,10,12H2,1H3,(H,27,28);1H. The molecule has 0 aliphatic carbocycles. The van der Waals surface area contributed by atoms with Crippen molar-refractivity contribution in [3.8, 4) is 0 Å². The number of hydrogen-bond donors (Lipinski definition) is 2. The number of aryl methyl sites for hydroxylation is 1. The van der Waals surface area contributed by atoms with Crippen LogP contribution in [0.2, 0.25) is 0 Å². The molecular formula is C21H26ClFN4O2. The fourth-order valence-corrected chi connectivity index (χ4v) is 3.17. The van der Waals surface area contributed by atoms with E-state index in [9.17, 15) is 14.3 Å². The van der Waals surface area contributed by atoms with E-state index in [1.165, 1.54) is 11.1 Å². The van der Waals surface area contributed by atoms with Gasteiger partial charge < -0.3 is 10.5 Å². The lowest BCUT2D eigenvalue weighted by atomic mass is 10.1. The predicted octanol–water partition coefficient (Wildman–Crippen LogP) is 5.06. The monoisotopic (exact) mass is 420 g/mol. The van der Waals surface area contributed by atoms with Gasteiger partial charge in [-0.2, -0.15) is 0 Å². The van der Waals surface area contributed by atoms with Gasteiger partial charge in [-0.25, -0.2) is 9.18 Å². The molecule has 0 aliphatic rings. The molecule has 0 aliphatic heterocycles. The van der Waals surface area contributed by atoms with Crippen LogP contribution in [0.4, 0.5) is 14.9 Å². The number of rotatable bonds is 9. The zero-order valence-corrected chi connectivity index (χ0v) is 17.2. The van der Waals surface area contributed by atoms with Crippen molar-refractivity contribution in [3.63, 3.8) is 0 Å². The number of nitrogens with zero attached hydrogens (tertiary/aromatic N) is 3. The summed E-state index contributed by atoms with van der Waals surface area (Å²) >= 11 is 0. The van der Waals surface area contributed by atoms with Gasteiger partial charge in [0.2, 0.25) is 0 Å². The zero-order chi connectivity index (χ0) is 19.9. The molecule has 0 saturated heterocycles. The van der Waals surface area contributed by atoms with E-state index in [0.717, 1.165) is 30.2 Å². The Balaban J connectivity index is 0.00000300. The molecule has 3 aromatic rings. The number of halogens is 2. The number of hydrogen-bond acceptors (Lipinski definition) is 3. The van der Waals surface area contributed by atoms with E-state index in [1.54, 1.807) is 12.3 Å². The lowest BCUT2D eigenvalue weighted by Crippen LogP contribution is -2.30. The van der Waals surface area contributed by atoms with Crippen molar-refractivity contribution in [2.75, 3.05) is 23.4 Å². The summed E-state index contributed by atoms with van der Waals surface area (Å²) in [5.41, 5.74) is 5.63. The molecule has 2 N–H and O–H groups in total. The number of carboxylic acid groups (broad SMARTS) is 1. The highest BCUT2D eigenvalue weighted by Gasteiger charge is 2.14. The van der Waals surface area contributed by atoms with E-state index in [2.05, 4.69) is 10.4 Å². The molecule has 2 aromatic heterocycles. The lowest BCUT2D eigenvalue weighted by molar-refractivity contribution is 0.201. The fraction of sp³-hybridized carbons (Fsp3) is 0.333. The van der Waals surface area contributed by atoms with E-state index >= 15 is 0 Å². The van der Waals surface area contributed by atoms with Crippen LogP contribution in [0, 0.1) is 5.82 Å². The molecule has 2 heterocycles. The highest BCUT2D eigenvalue weighted by Crippen LogP contribution is 2.23. The number of unbranched alkanes of at least 4 members (excludes halogenated alkanes) is 1. The molecule has 1 aromatic carbocycles. The number of aromatic nitrogens is 2. The molecular weight excluding hydrogens is 395 g/mol. The molecule has 0 saturated carbocycles. The van der Waals surface area contributed by atoms with Crippen LogP contribution in [-0.4, -0.2) is 33.9 Å². The quantitative estimate of drug-likeness (QED) is 0.475. The maximum atomic E-state index is 13.6. The normalized spacial score (nSPS) is 10.6. The Morgan fingerprint density at radius 1 is 1.28 bits per heavy atom. The number of fused-ring (bicyclic) bond motifs is 1. The van der Waals surface area contributed by atoms with Crippen LogP contribution in [0.5, 0.6) is 0 Å². The zero-order valence-electron chi connectivity index (χ0n) is 16.3. The average molecular weight is 421 g/mol. The van der Waals surface area contributed by atoms with Gasteiger partial charge in [0.25, 0.3) is 0 Å². The number of anilines is 1. The second-order valence-corrected chi connectivity index (χ2v) is 6.70. The smallest absolute Gasteiger partial charge is 0.411 e. The van der Waals surface area contributed by atoms with Crippen LogP contribution in [0.1, 0.15) is 31.7 Å². The topological polar surface area (TPSA) is 70.4 Å². The second-order valence-electron chi connectivity index (χ2n) is 6.70. The SMILES string of the molecule is CCCCN(C(=O)O)c1ccc2c(ccn2NCCCc2ccncc2F)c1.Cl. The first kappa shape index (κ1) is 22.5. The number of carbonyl (C=O) groups is 1. The largest absolute Gasteiger partial charge is 0.465 e. The number of nitrogens with one attached hydrogen (secondary N) is 1. The third-order valence-corrected chi connectivity index (χ3v) is 4.71. The predicted molar refractivity (Wildman–Crippen MR) is 116 cm³/mol. The second kappa shape index (κ2) is 10.7.